The van der Waals surface area contributed by atoms with Gasteiger partial charge in [0.15, 0.2) is 15.8 Å². The van der Waals surface area contributed by atoms with Crippen molar-refractivity contribution in [1.29, 1.82) is 0 Å². The van der Waals surface area contributed by atoms with E-state index >= 15 is 0 Å². The zero-order chi connectivity index (χ0) is 19.0. The smallest absolute Gasteiger partial charge is 0.191 e. The maximum absolute atomic E-state index is 11.5. The van der Waals surface area contributed by atoms with Crippen molar-refractivity contribution < 1.29 is 17.9 Å². The molecule has 1 fully saturated rings. The summed E-state index contributed by atoms with van der Waals surface area (Å²) in [6.45, 7) is 4.22. The summed E-state index contributed by atoms with van der Waals surface area (Å²) in [5.41, 5.74) is 2.16. The molecule has 0 radical (unpaired) electrons. The number of hydrogen-bond acceptors (Lipinski definition) is 5. The largest absolute Gasteiger partial charge is 0.491 e. The summed E-state index contributed by atoms with van der Waals surface area (Å²) in [6, 6.07) is 6.08. The summed E-state index contributed by atoms with van der Waals surface area (Å²) in [6.07, 6.45) is 0.710. The monoisotopic (exact) mass is 511 g/mol. The van der Waals surface area contributed by atoms with E-state index in [9.17, 15) is 8.42 Å². The first-order valence-corrected chi connectivity index (χ1v) is 10.6. The number of aliphatic imine (C=N–C) groups is 1. The van der Waals surface area contributed by atoms with Gasteiger partial charge in [0.25, 0.3) is 0 Å². The van der Waals surface area contributed by atoms with Crippen LogP contribution in [-0.4, -0.2) is 59.8 Å². The van der Waals surface area contributed by atoms with Gasteiger partial charge in [-0.3, -0.25) is 4.99 Å². The normalized spacial score (nSPS) is 18.6. The second kappa shape index (κ2) is 11.7. The van der Waals surface area contributed by atoms with Crippen LogP contribution in [-0.2, 0) is 21.1 Å². The third-order valence-electron chi connectivity index (χ3n) is 4.32. The van der Waals surface area contributed by atoms with E-state index in [1.54, 1.807) is 14.2 Å². The minimum atomic E-state index is -2.85. The van der Waals surface area contributed by atoms with Gasteiger partial charge in [0.05, 0.1) is 18.1 Å². The van der Waals surface area contributed by atoms with Gasteiger partial charge in [-0.25, -0.2) is 8.42 Å². The molecule has 1 aromatic carbocycles. The molecule has 1 unspecified atom stereocenters. The molecule has 1 aliphatic heterocycles. The molecule has 2 N–H and O–H groups in total. The van der Waals surface area contributed by atoms with Crippen LogP contribution in [0.15, 0.2) is 23.2 Å². The first-order valence-electron chi connectivity index (χ1n) is 8.79. The van der Waals surface area contributed by atoms with E-state index in [1.807, 2.05) is 25.1 Å². The van der Waals surface area contributed by atoms with Crippen molar-refractivity contribution in [2.75, 3.05) is 45.4 Å². The molecule has 1 aliphatic rings. The van der Waals surface area contributed by atoms with Gasteiger partial charge in [-0.1, -0.05) is 12.1 Å². The van der Waals surface area contributed by atoms with Crippen LogP contribution in [0.4, 0.5) is 0 Å². The molecule has 1 aromatic rings. The van der Waals surface area contributed by atoms with Crippen molar-refractivity contribution >= 4 is 39.8 Å². The van der Waals surface area contributed by atoms with E-state index < -0.39 is 9.84 Å². The minimum absolute atomic E-state index is 0. The maximum Gasteiger partial charge on any atom is 0.191 e. The van der Waals surface area contributed by atoms with Crippen molar-refractivity contribution in [3.63, 3.8) is 0 Å². The molecule has 1 saturated heterocycles. The second-order valence-corrected chi connectivity index (χ2v) is 8.76. The average molecular weight is 511 g/mol. The molecular formula is C18H30IN3O4S. The fourth-order valence-corrected chi connectivity index (χ4v) is 4.71. The van der Waals surface area contributed by atoms with Gasteiger partial charge in [-0.2, -0.15) is 0 Å². The molecule has 154 valence electrons. The number of rotatable bonds is 8. The average Bonchev–Trinajstić information content (AvgIpc) is 2.95. The quantitative estimate of drug-likeness (QED) is 0.239. The van der Waals surface area contributed by atoms with Crippen LogP contribution in [0, 0.1) is 12.8 Å². The first-order chi connectivity index (χ1) is 12.4. The Morgan fingerprint density at radius 3 is 2.70 bits per heavy atom. The van der Waals surface area contributed by atoms with Crippen LogP contribution >= 0.6 is 24.0 Å². The highest BCUT2D eigenvalue weighted by atomic mass is 127. The standard InChI is InChI=1S/C18H29N3O4S.HI/c1-14-4-5-16(17(10-14)25-8-7-24-3)12-21-18(19-2)20-11-15-6-9-26(22,23)13-15;/h4-5,10,15H,6-9,11-13H2,1-3H3,(H2,19,20,21);1H. The van der Waals surface area contributed by atoms with Crippen molar-refractivity contribution in [3.05, 3.63) is 29.3 Å². The lowest BCUT2D eigenvalue weighted by atomic mass is 10.1. The van der Waals surface area contributed by atoms with Crippen LogP contribution in [0.3, 0.4) is 0 Å². The number of ether oxygens (including phenoxy) is 2. The molecule has 1 heterocycles. The molecule has 0 aromatic heterocycles. The number of halogens is 1. The molecule has 1 atom stereocenters. The van der Waals surface area contributed by atoms with Gasteiger partial charge in [-0.05, 0) is 30.9 Å². The minimum Gasteiger partial charge on any atom is -0.491 e. The van der Waals surface area contributed by atoms with Crippen LogP contribution in [0.2, 0.25) is 0 Å². The van der Waals surface area contributed by atoms with Crippen LogP contribution in [0.1, 0.15) is 17.5 Å². The summed E-state index contributed by atoms with van der Waals surface area (Å²) in [4.78, 5) is 4.21. The molecule has 0 spiro atoms. The number of methoxy groups -OCH3 is 1. The summed E-state index contributed by atoms with van der Waals surface area (Å²) >= 11 is 0. The highest BCUT2D eigenvalue weighted by Gasteiger charge is 2.27. The number of nitrogens with one attached hydrogen (secondary N) is 2. The Morgan fingerprint density at radius 2 is 2.07 bits per heavy atom. The Labute approximate surface area is 179 Å². The molecule has 2 rings (SSSR count). The number of benzene rings is 1. The Morgan fingerprint density at radius 1 is 1.30 bits per heavy atom. The van der Waals surface area contributed by atoms with Gasteiger partial charge in [0, 0.05) is 32.8 Å². The van der Waals surface area contributed by atoms with Crippen molar-refractivity contribution in [2.45, 2.75) is 19.9 Å². The highest BCUT2D eigenvalue weighted by molar-refractivity contribution is 14.0. The van der Waals surface area contributed by atoms with E-state index in [4.69, 9.17) is 9.47 Å². The van der Waals surface area contributed by atoms with Gasteiger partial charge in [-0.15, -0.1) is 24.0 Å². The van der Waals surface area contributed by atoms with Crippen LogP contribution in [0.5, 0.6) is 5.75 Å². The third-order valence-corrected chi connectivity index (χ3v) is 6.16. The van der Waals surface area contributed by atoms with Gasteiger partial charge in [0.2, 0.25) is 0 Å². The van der Waals surface area contributed by atoms with E-state index in [-0.39, 0.29) is 41.4 Å². The Balaban J connectivity index is 0.00000364. The Kier molecular flexibility index (Phi) is 10.4. The first kappa shape index (κ1) is 24.0. The zero-order valence-corrected chi connectivity index (χ0v) is 19.3. The number of nitrogens with zero attached hydrogens (tertiary/aromatic N) is 1. The third kappa shape index (κ3) is 8.22. The number of hydrogen-bond donors (Lipinski definition) is 2. The van der Waals surface area contributed by atoms with Crippen molar-refractivity contribution in [3.8, 4) is 5.75 Å². The number of aryl methyl sites for hydroxylation is 1. The molecule has 0 saturated carbocycles. The lowest BCUT2D eigenvalue weighted by molar-refractivity contribution is 0.145. The van der Waals surface area contributed by atoms with Crippen molar-refractivity contribution in [1.82, 2.24) is 10.6 Å². The van der Waals surface area contributed by atoms with E-state index in [0.717, 1.165) is 16.9 Å². The zero-order valence-electron chi connectivity index (χ0n) is 16.2. The molecule has 9 heteroatoms. The van der Waals surface area contributed by atoms with E-state index in [2.05, 4.69) is 15.6 Å². The summed E-state index contributed by atoms with van der Waals surface area (Å²) in [7, 11) is 0.493. The predicted octanol–water partition coefficient (Wildman–Crippen LogP) is 1.74. The van der Waals surface area contributed by atoms with Crippen molar-refractivity contribution in [2.24, 2.45) is 10.9 Å². The summed E-state index contributed by atoms with van der Waals surface area (Å²) < 4.78 is 33.9. The van der Waals surface area contributed by atoms with Crippen LogP contribution in [0.25, 0.3) is 0 Å². The lowest BCUT2D eigenvalue weighted by Crippen LogP contribution is -2.39. The topological polar surface area (TPSA) is 89.0 Å². The van der Waals surface area contributed by atoms with Gasteiger partial charge >= 0.3 is 0 Å². The summed E-state index contributed by atoms with van der Waals surface area (Å²) in [5, 5.41) is 6.48. The molecule has 0 aliphatic carbocycles. The highest BCUT2D eigenvalue weighted by Crippen LogP contribution is 2.20. The van der Waals surface area contributed by atoms with E-state index in [1.165, 1.54) is 0 Å². The molecular weight excluding hydrogens is 481 g/mol. The maximum atomic E-state index is 11.5. The SMILES string of the molecule is CN=C(NCc1ccc(C)cc1OCCOC)NCC1CCS(=O)(=O)C1.I. The van der Waals surface area contributed by atoms with Gasteiger partial charge < -0.3 is 20.1 Å². The molecule has 0 bridgehead atoms. The summed E-state index contributed by atoms with van der Waals surface area (Å²) in [5.74, 6) is 2.17. The molecule has 27 heavy (non-hydrogen) atoms. The fraction of sp³-hybridized carbons (Fsp3) is 0.611. The Bertz CT molecular complexity index is 725. The number of guanidine groups is 1. The number of sulfone groups is 1. The Hall–Kier alpha value is -1.07. The lowest BCUT2D eigenvalue weighted by Gasteiger charge is -2.16. The molecule has 0 amide bonds. The predicted molar refractivity (Wildman–Crippen MR) is 119 cm³/mol. The van der Waals surface area contributed by atoms with Crippen LogP contribution < -0.4 is 15.4 Å². The van der Waals surface area contributed by atoms with Gasteiger partial charge in [0.1, 0.15) is 12.4 Å². The second-order valence-electron chi connectivity index (χ2n) is 6.53. The van der Waals surface area contributed by atoms with E-state index in [0.29, 0.717) is 38.7 Å². The fourth-order valence-electron chi connectivity index (χ4n) is 2.85. The molecule has 7 nitrogen and oxygen atoms in total.